The van der Waals surface area contributed by atoms with Crippen molar-refractivity contribution in [2.75, 3.05) is 26.7 Å². The van der Waals surface area contributed by atoms with Gasteiger partial charge in [-0.25, -0.2) is 0 Å². The van der Waals surface area contributed by atoms with E-state index in [0.29, 0.717) is 6.04 Å². The third-order valence-electron chi connectivity index (χ3n) is 3.87. The molecule has 3 unspecified atom stereocenters. The molecule has 0 saturated heterocycles. The molecule has 0 aliphatic heterocycles. The lowest BCUT2D eigenvalue weighted by Crippen LogP contribution is -2.44. The lowest BCUT2D eigenvalue weighted by atomic mass is 9.98. The Hall–Kier alpha value is -0.0800. The minimum absolute atomic E-state index is 0.633. The van der Waals surface area contributed by atoms with E-state index in [2.05, 4.69) is 51.9 Å². The Bertz CT molecular complexity index is 159. The predicted molar refractivity (Wildman–Crippen MR) is 73.9 cm³/mol. The van der Waals surface area contributed by atoms with Crippen LogP contribution >= 0.6 is 0 Å². The summed E-state index contributed by atoms with van der Waals surface area (Å²) in [7, 11) is 2.09. The molecule has 0 fully saturated rings. The average Bonchev–Trinajstić information content (AvgIpc) is 2.32. The highest BCUT2D eigenvalue weighted by molar-refractivity contribution is 4.75. The fourth-order valence-corrected chi connectivity index (χ4v) is 2.02. The summed E-state index contributed by atoms with van der Waals surface area (Å²) < 4.78 is 0. The van der Waals surface area contributed by atoms with Crippen molar-refractivity contribution in [3.8, 4) is 0 Å². The van der Waals surface area contributed by atoms with E-state index in [9.17, 15) is 0 Å². The minimum atomic E-state index is 0.633. The van der Waals surface area contributed by atoms with Gasteiger partial charge >= 0.3 is 0 Å². The molecule has 0 spiro atoms. The zero-order valence-corrected chi connectivity index (χ0v) is 12.2. The second-order valence-electron chi connectivity index (χ2n) is 5.15. The Labute approximate surface area is 103 Å². The number of likely N-dealkylation sites (N-methyl/N-ethyl adjacent to an activating group) is 2. The molecule has 0 rings (SSSR count). The van der Waals surface area contributed by atoms with E-state index in [1.165, 1.54) is 32.5 Å². The summed E-state index contributed by atoms with van der Waals surface area (Å²) in [6.07, 6.45) is 2.54. The van der Waals surface area contributed by atoms with Gasteiger partial charge in [-0.1, -0.05) is 47.5 Å². The molecule has 2 heteroatoms. The summed E-state index contributed by atoms with van der Waals surface area (Å²) in [6, 6.07) is 0.633. The van der Waals surface area contributed by atoms with Gasteiger partial charge in [0, 0.05) is 19.1 Å². The standard InChI is InChI=1S/C14H32N2/c1-7-12(4)10-16(9-3)11-14(15-6)13(5)8-2/h12-15H,7-11H2,1-6H3. The maximum atomic E-state index is 3.47. The van der Waals surface area contributed by atoms with Crippen molar-refractivity contribution in [3.05, 3.63) is 0 Å². The summed E-state index contributed by atoms with van der Waals surface area (Å²) in [6.45, 7) is 15.1. The second kappa shape index (κ2) is 9.00. The van der Waals surface area contributed by atoms with Crippen LogP contribution in [0.5, 0.6) is 0 Å². The summed E-state index contributed by atoms with van der Waals surface area (Å²) >= 11 is 0. The third-order valence-corrected chi connectivity index (χ3v) is 3.87. The van der Waals surface area contributed by atoms with Crippen LogP contribution in [-0.2, 0) is 0 Å². The van der Waals surface area contributed by atoms with Crippen molar-refractivity contribution in [3.63, 3.8) is 0 Å². The number of nitrogens with zero attached hydrogens (tertiary/aromatic N) is 1. The second-order valence-corrected chi connectivity index (χ2v) is 5.15. The first-order chi connectivity index (χ1) is 7.58. The normalized spacial score (nSPS) is 17.4. The predicted octanol–water partition coefficient (Wildman–Crippen LogP) is 2.99. The summed E-state index contributed by atoms with van der Waals surface area (Å²) in [5.74, 6) is 1.57. The minimum Gasteiger partial charge on any atom is -0.315 e. The van der Waals surface area contributed by atoms with Crippen LogP contribution in [0, 0.1) is 11.8 Å². The van der Waals surface area contributed by atoms with Crippen molar-refractivity contribution in [1.82, 2.24) is 10.2 Å². The van der Waals surface area contributed by atoms with Crippen molar-refractivity contribution in [2.45, 2.75) is 53.5 Å². The molecule has 0 aliphatic carbocycles. The molecule has 0 bridgehead atoms. The molecule has 16 heavy (non-hydrogen) atoms. The Balaban J connectivity index is 4.16. The molecule has 2 nitrogen and oxygen atoms in total. The molecule has 0 radical (unpaired) electrons. The fourth-order valence-electron chi connectivity index (χ4n) is 2.02. The van der Waals surface area contributed by atoms with Crippen LogP contribution in [0.15, 0.2) is 0 Å². The highest BCUT2D eigenvalue weighted by Crippen LogP contribution is 2.11. The monoisotopic (exact) mass is 228 g/mol. The first kappa shape index (κ1) is 15.9. The van der Waals surface area contributed by atoms with Gasteiger partial charge in [0.15, 0.2) is 0 Å². The molecule has 0 amide bonds. The molecule has 0 heterocycles. The lowest BCUT2D eigenvalue weighted by Gasteiger charge is -2.31. The Morgan fingerprint density at radius 3 is 2.00 bits per heavy atom. The van der Waals surface area contributed by atoms with E-state index in [-0.39, 0.29) is 0 Å². The smallest absolute Gasteiger partial charge is 0.0217 e. The maximum Gasteiger partial charge on any atom is 0.0217 e. The van der Waals surface area contributed by atoms with Crippen LogP contribution in [0.2, 0.25) is 0 Å². The van der Waals surface area contributed by atoms with Crippen molar-refractivity contribution in [2.24, 2.45) is 11.8 Å². The van der Waals surface area contributed by atoms with Gasteiger partial charge in [0.1, 0.15) is 0 Å². The van der Waals surface area contributed by atoms with E-state index in [4.69, 9.17) is 0 Å². The van der Waals surface area contributed by atoms with Gasteiger partial charge in [0.2, 0.25) is 0 Å². The Morgan fingerprint density at radius 1 is 1.00 bits per heavy atom. The quantitative estimate of drug-likeness (QED) is 0.652. The van der Waals surface area contributed by atoms with Crippen LogP contribution in [-0.4, -0.2) is 37.6 Å². The number of hydrogen-bond donors (Lipinski definition) is 1. The zero-order valence-electron chi connectivity index (χ0n) is 12.2. The average molecular weight is 228 g/mol. The Morgan fingerprint density at radius 2 is 1.62 bits per heavy atom. The Kier molecular flexibility index (Phi) is 8.96. The first-order valence-electron chi connectivity index (χ1n) is 6.98. The summed E-state index contributed by atoms with van der Waals surface area (Å²) in [5.41, 5.74) is 0. The van der Waals surface area contributed by atoms with E-state index >= 15 is 0 Å². The van der Waals surface area contributed by atoms with Crippen LogP contribution in [0.25, 0.3) is 0 Å². The molecule has 98 valence electrons. The van der Waals surface area contributed by atoms with E-state index < -0.39 is 0 Å². The molecule has 1 N–H and O–H groups in total. The topological polar surface area (TPSA) is 15.3 Å². The number of hydrogen-bond acceptors (Lipinski definition) is 2. The number of nitrogens with one attached hydrogen (secondary N) is 1. The molecule has 0 aliphatic rings. The molecular formula is C14H32N2. The van der Waals surface area contributed by atoms with Crippen LogP contribution < -0.4 is 5.32 Å². The molecule has 0 aromatic heterocycles. The fraction of sp³-hybridized carbons (Fsp3) is 1.00. The van der Waals surface area contributed by atoms with E-state index in [0.717, 1.165) is 11.8 Å². The van der Waals surface area contributed by atoms with Crippen LogP contribution in [0.4, 0.5) is 0 Å². The van der Waals surface area contributed by atoms with Gasteiger partial charge in [0.05, 0.1) is 0 Å². The number of rotatable bonds is 9. The molecule has 0 aromatic carbocycles. The van der Waals surface area contributed by atoms with Crippen LogP contribution in [0.3, 0.4) is 0 Å². The highest BCUT2D eigenvalue weighted by atomic mass is 15.1. The van der Waals surface area contributed by atoms with Gasteiger partial charge in [-0.2, -0.15) is 0 Å². The van der Waals surface area contributed by atoms with E-state index in [1.54, 1.807) is 0 Å². The zero-order chi connectivity index (χ0) is 12.6. The van der Waals surface area contributed by atoms with Gasteiger partial charge in [-0.3, -0.25) is 0 Å². The van der Waals surface area contributed by atoms with E-state index in [1.807, 2.05) is 0 Å². The molecule has 0 saturated carbocycles. The SMILES string of the molecule is CCC(C)CN(CC)CC(NC)C(C)CC. The lowest BCUT2D eigenvalue weighted by molar-refractivity contribution is 0.199. The van der Waals surface area contributed by atoms with Crippen molar-refractivity contribution >= 4 is 0 Å². The third kappa shape index (κ3) is 5.86. The van der Waals surface area contributed by atoms with Crippen molar-refractivity contribution < 1.29 is 0 Å². The summed E-state index contributed by atoms with van der Waals surface area (Å²) in [4.78, 5) is 2.58. The summed E-state index contributed by atoms with van der Waals surface area (Å²) in [5, 5.41) is 3.47. The molecule has 3 atom stereocenters. The van der Waals surface area contributed by atoms with Gasteiger partial charge in [0.25, 0.3) is 0 Å². The molecule has 0 aromatic rings. The molecular weight excluding hydrogens is 196 g/mol. The first-order valence-corrected chi connectivity index (χ1v) is 6.98. The van der Waals surface area contributed by atoms with Gasteiger partial charge < -0.3 is 10.2 Å². The maximum absolute atomic E-state index is 3.47. The highest BCUT2D eigenvalue weighted by Gasteiger charge is 2.17. The van der Waals surface area contributed by atoms with Gasteiger partial charge in [-0.05, 0) is 25.4 Å². The van der Waals surface area contributed by atoms with Crippen LogP contribution in [0.1, 0.15) is 47.5 Å². The van der Waals surface area contributed by atoms with Gasteiger partial charge in [-0.15, -0.1) is 0 Å². The largest absolute Gasteiger partial charge is 0.315 e. The van der Waals surface area contributed by atoms with Crippen molar-refractivity contribution in [1.29, 1.82) is 0 Å².